The second kappa shape index (κ2) is 5.72. The molecule has 0 unspecified atom stereocenters. The Bertz CT molecular complexity index is 294. The number of hydrogen-bond acceptors (Lipinski definition) is 5. The van der Waals surface area contributed by atoms with Gasteiger partial charge in [0.25, 0.3) is 0 Å². The normalized spacial score (nSPS) is 10.1. The van der Waals surface area contributed by atoms with Crippen molar-refractivity contribution in [3.8, 4) is 5.88 Å². The summed E-state index contributed by atoms with van der Waals surface area (Å²) >= 11 is 1.56. The summed E-state index contributed by atoms with van der Waals surface area (Å²) in [6.45, 7) is 0.684. The number of aromatic nitrogens is 1. The summed E-state index contributed by atoms with van der Waals surface area (Å²) < 4.78 is 9.94. The molecule has 0 aromatic carbocycles. The molecular weight excluding hydrogens is 200 g/mol. The fourth-order valence-electron chi connectivity index (χ4n) is 0.885. The molecule has 0 bridgehead atoms. The number of anilines is 1. The van der Waals surface area contributed by atoms with E-state index in [1.807, 2.05) is 0 Å². The topological polar surface area (TPSA) is 57.4 Å². The monoisotopic (exact) mass is 214 g/mol. The first-order chi connectivity index (χ1) is 6.77. The minimum Gasteiger partial charge on any atom is -0.481 e. The van der Waals surface area contributed by atoms with Crippen LogP contribution in [0.2, 0.25) is 0 Å². The molecule has 0 saturated heterocycles. The summed E-state index contributed by atoms with van der Waals surface area (Å²) in [5.41, 5.74) is 6.42. The van der Waals surface area contributed by atoms with Crippen LogP contribution in [0.5, 0.6) is 5.88 Å². The summed E-state index contributed by atoms with van der Waals surface area (Å²) in [5, 5.41) is 0.793. The summed E-state index contributed by atoms with van der Waals surface area (Å²) in [6.07, 6.45) is 0. The molecule has 0 aliphatic rings. The van der Waals surface area contributed by atoms with Crippen LogP contribution >= 0.6 is 11.8 Å². The van der Waals surface area contributed by atoms with E-state index in [0.717, 1.165) is 10.8 Å². The Kier molecular flexibility index (Phi) is 4.55. The van der Waals surface area contributed by atoms with Crippen LogP contribution in [0.15, 0.2) is 17.2 Å². The smallest absolute Gasteiger partial charge is 0.214 e. The van der Waals surface area contributed by atoms with E-state index in [2.05, 4.69) is 4.98 Å². The number of thioether (sulfide) groups is 1. The molecule has 1 aromatic rings. The predicted molar refractivity (Wildman–Crippen MR) is 57.8 cm³/mol. The van der Waals surface area contributed by atoms with Gasteiger partial charge in [-0.25, -0.2) is 4.98 Å². The molecule has 4 nitrogen and oxygen atoms in total. The lowest BCUT2D eigenvalue weighted by Gasteiger charge is -2.05. The summed E-state index contributed by atoms with van der Waals surface area (Å²) in [5.74, 6) is 1.42. The van der Waals surface area contributed by atoms with E-state index >= 15 is 0 Å². The van der Waals surface area contributed by atoms with Crippen LogP contribution in [0, 0.1) is 0 Å². The minimum atomic E-state index is 0.583. The highest BCUT2D eigenvalue weighted by molar-refractivity contribution is 7.99. The second-order valence-electron chi connectivity index (χ2n) is 2.59. The number of methoxy groups -OCH3 is 2. The van der Waals surface area contributed by atoms with Crippen molar-refractivity contribution in [3.05, 3.63) is 12.1 Å². The Balaban J connectivity index is 2.64. The van der Waals surface area contributed by atoms with Gasteiger partial charge in [0, 0.05) is 18.9 Å². The average molecular weight is 214 g/mol. The van der Waals surface area contributed by atoms with Gasteiger partial charge >= 0.3 is 0 Å². The van der Waals surface area contributed by atoms with Gasteiger partial charge in [-0.2, -0.15) is 0 Å². The van der Waals surface area contributed by atoms with Gasteiger partial charge in [-0.3, -0.25) is 0 Å². The number of nitrogen functional groups attached to an aromatic ring is 1. The Hall–Kier alpha value is -0.940. The van der Waals surface area contributed by atoms with Gasteiger partial charge in [-0.1, -0.05) is 0 Å². The van der Waals surface area contributed by atoms with Crippen LogP contribution < -0.4 is 10.5 Å². The van der Waals surface area contributed by atoms with E-state index < -0.39 is 0 Å². The fraction of sp³-hybridized carbons (Fsp3) is 0.444. The van der Waals surface area contributed by atoms with Gasteiger partial charge in [-0.05, 0) is 6.07 Å². The Morgan fingerprint density at radius 1 is 1.43 bits per heavy atom. The zero-order chi connectivity index (χ0) is 10.4. The highest BCUT2D eigenvalue weighted by Gasteiger charge is 2.03. The molecule has 5 heteroatoms. The Morgan fingerprint density at radius 2 is 2.21 bits per heavy atom. The predicted octanol–water partition coefficient (Wildman–Crippen LogP) is 1.41. The van der Waals surface area contributed by atoms with Gasteiger partial charge in [0.15, 0.2) is 0 Å². The lowest BCUT2D eigenvalue weighted by Crippen LogP contribution is -1.97. The zero-order valence-electron chi connectivity index (χ0n) is 8.32. The number of ether oxygens (including phenoxy) is 2. The van der Waals surface area contributed by atoms with Gasteiger partial charge in [0.2, 0.25) is 5.88 Å². The molecular formula is C9H14N2O2S. The lowest BCUT2D eigenvalue weighted by molar-refractivity contribution is 0.218. The molecule has 0 radical (unpaired) electrons. The largest absolute Gasteiger partial charge is 0.481 e. The highest BCUT2D eigenvalue weighted by atomic mass is 32.2. The van der Waals surface area contributed by atoms with Gasteiger partial charge < -0.3 is 15.2 Å². The van der Waals surface area contributed by atoms with Crippen molar-refractivity contribution in [3.63, 3.8) is 0 Å². The summed E-state index contributed by atoms with van der Waals surface area (Å²) in [6, 6.07) is 3.54. The van der Waals surface area contributed by atoms with Gasteiger partial charge in [-0.15, -0.1) is 11.8 Å². The minimum absolute atomic E-state index is 0.583. The Morgan fingerprint density at radius 3 is 2.86 bits per heavy atom. The third-order valence-corrected chi connectivity index (χ3v) is 2.57. The lowest BCUT2D eigenvalue weighted by atomic mass is 10.4. The molecule has 2 N–H and O–H groups in total. The molecule has 0 fully saturated rings. The molecule has 0 aliphatic heterocycles. The first-order valence-electron chi connectivity index (χ1n) is 4.20. The molecule has 78 valence electrons. The fourth-order valence-corrected chi connectivity index (χ4v) is 1.72. The van der Waals surface area contributed by atoms with Gasteiger partial charge in [0.1, 0.15) is 5.03 Å². The zero-order valence-corrected chi connectivity index (χ0v) is 9.13. The first kappa shape index (κ1) is 11.1. The van der Waals surface area contributed by atoms with Crippen molar-refractivity contribution < 1.29 is 9.47 Å². The third kappa shape index (κ3) is 3.08. The maximum absolute atomic E-state index is 5.75. The second-order valence-corrected chi connectivity index (χ2v) is 3.67. The molecule has 0 amide bonds. The number of nitrogens with two attached hydrogens (primary N) is 1. The Labute approximate surface area is 87.8 Å². The molecule has 1 rings (SSSR count). The maximum atomic E-state index is 5.75. The number of nitrogens with zero attached hydrogens (tertiary/aromatic N) is 1. The van der Waals surface area contributed by atoms with Crippen LogP contribution in [0.1, 0.15) is 0 Å². The number of hydrogen-bond donors (Lipinski definition) is 1. The van der Waals surface area contributed by atoms with Crippen molar-refractivity contribution >= 4 is 17.4 Å². The number of pyridine rings is 1. The molecule has 0 atom stereocenters. The first-order valence-corrected chi connectivity index (χ1v) is 5.18. The van der Waals surface area contributed by atoms with Crippen molar-refractivity contribution in [2.45, 2.75) is 5.03 Å². The van der Waals surface area contributed by atoms with E-state index in [1.165, 1.54) is 0 Å². The van der Waals surface area contributed by atoms with Crippen LogP contribution in [-0.4, -0.2) is 31.6 Å². The van der Waals surface area contributed by atoms with Crippen molar-refractivity contribution in [1.82, 2.24) is 4.98 Å². The maximum Gasteiger partial charge on any atom is 0.214 e. The molecule has 0 spiro atoms. The summed E-state index contributed by atoms with van der Waals surface area (Å²) in [4.78, 5) is 4.22. The van der Waals surface area contributed by atoms with Crippen LogP contribution in [0.25, 0.3) is 0 Å². The molecule has 0 saturated carbocycles. The highest BCUT2D eigenvalue weighted by Crippen LogP contribution is 2.24. The summed E-state index contributed by atoms with van der Waals surface area (Å²) in [7, 11) is 3.26. The molecule has 1 aromatic heterocycles. The van der Waals surface area contributed by atoms with Gasteiger partial charge in [0.05, 0.1) is 19.4 Å². The van der Waals surface area contributed by atoms with Crippen molar-refractivity contribution in [1.29, 1.82) is 0 Å². The van der Waals surface area contributed by atoms with E-state index in [9.17, 15) is 0 Å². The van der Waals surface area contributed by atoms with E-state index in [0.29, 0.717) is 18.2 Å². The van der Waals surface area contributed by atoms with Crippen molar-refractivity contribution in [2.75, 3.05) is 32.3 Å². The van der Waals surface area contributed by atoms with E-state index in [4.69, 9.17) is 15.2 Å². The van der Waals surface area contributed by atoms with Crippen LogP contribution in [-0.2, 0) is 4.74 Å². The van der Waals surface area contributed by atoms with Crippen molar-refractivity contribution in [2.24, 2.45) is 0 Å². The van der Waals surface area contributed by atoms with Crippen LogP contribution in [0.4, 0.5) is 5.69 Å². The molecule has 1 heterocycles. The number of rotatable bonds is 5. The van der Waals surface area contributed by atoms with E-state index in [-0.39, 0.29) is 0 Å². The molecule has 0 aliphatic carbocycles. The molecule has 14 heavy (non-hydrogen) atoms. The quantitative estimate of drug-likeness (QED) is 0.593. The van der Waals surface area contributed by atoms with E-state index in [1.54, 1.807) is 38.1 Å². The average Bonchev–Trinajstić information content (AvgIpc) is 2.21. The third-order valence-electron chi connectivity index (χ3n) is 1.60. The standard InChI is InChI=1S/C9H14N2O2S/c1-12-5-6-14-9-7(10)3-4-8(11-9)13-2/h3-4H,5-6,10H2,1-2H3. The SMILES string of the molecule is COCCSc1nc(OC)ccc1N. The van der Waals surface area contributed by atoms with Crippen LogP contribution in [0.3, 0.4) is 0 Å².